The van der Waals surface area contributed by atoms with Crippen LogP contribution in [0.1, 0.15) is 22.8 Å². The number of amides is 1. The fourth-order valence-corrected chi connectivity index (χ4v) is 2.63. The van der Waals surface area contributed by atoms with E-state index < -0.39 is 18.0 Å². The zero-order chi connectivity index (χ0) is 20.1. The molecule has 148 valence electrons. The molecule has 2 aromatic carbocycles. The SMILES string of the molecule is COc1ccc(OC)c(C(=O)OC(C)C(=O)NCc2ccc3c(c2)OCO3)c1. The number of hydrogen-bond acceptors (Lipinski definition) is 7. The number of carbonyl (C=O) groups is 2. The van der Waals surface area contributed by atoms with Crippen LogP contribution >= 0.6 is 0 Å². The third-order valence-electron chi connectivity index (χ3n) is 4.18. The summed E-state index contributed by atoms with van der Waals surface area (Å²) in [4.78, 5) is 24.7. The molecule has 0 saturated carbocycles. The van der Waals surface area contributed by atoms with Gasteiger partial charge in [0.1, 0.15) is 17.1 Å². The minimum Gasteiger partial charge on any atom is -0.497 e. The highest BCUT2D eigenvalue weighted by Gasteiger charge is 2.22. The molecule has 1 amide bonds. The number of esters is 1. The summed E-state index contributed by atoms with van der Waals surface area (Å²) >= 11 is 0. The minimum absolute atomic E-state index is 0.178. The number of carbonyl (C=O) groups excluding carboxylic acids is 2. The Hall–Kier alpha value is -3.42. The van der Waals surface area contributed by atoms with Crippen LogP contribution < -0.4 is 24.3 Å². The lowest BCUT2D eigenvalue weighted by Crippen LogP contribution is -2.35. The highest BCUT2D eigenvalue weighted by atomic mass is 16.7. The molecule has 1 atom stereocenters. The van der Waals surface area contributed by atoms with Gasteiger partial charge in [-0.05, 0) is 42.8 Å². The van der Waals surface area contributed by atoms with Crippen LogP contribution in [0.25, 0.3) is 0 Å². The second-order valence-electron chi connectivity index (χ2n) is 6.02. The van der Waals surface area contributed by atoms with Crippen LogP contribution in [-0.4, -0.2) is 39.0 Å². The zero-order valence-electron chi connectivity index (χ0n) is 15.8. The van der Waals surface area contributed by atoms with Crippen molar-refractivity contribution in [3.05, 3.63) is 47.5 Å². The quantitative estimate of drug-likeness (QED) is 0.729. The third kappa shape index (κ3) is 4.28. The van der Waals surface area contributed by atoms with Crippen LogP contribution in [0.2, 0.25) is 0 Å². The van der Waals surface area contributed by atoms with E-state index >= 15 is 0 Å². The summed E-state index contributed by atoms with van der Waals surface area (Å²) < 4.78 is 26.1. The molecule has 0 spiro atoms. The molecule has 0 saturated heterocycles. The second-order valence-corrected chi connectivity index (χ2v) is 6.02. The van der Waals surface area contributed by atoms with Gasteiger partial charge >= 0.3 is 5.97 Å². The molecule has 28 heavy (non-hydrogen) atoms. The molecule has 0 bridgehead atoms. The fourth-order valence-electron chi connectivity index (χ4n) is 2.63. The van der Waals surface area contributed by atoms with Crippen LogP contribution in [-0.2, 0) is 16.1 Å². The Kier molecular flexibility index (Phi) is 5.88. The molecule has 8 heteroatoms. The predicted octanol–water partition coefficient (Wildman–Crippen LogP) is 2.29. The lowest BCUT2D eigenvalue weighted by molar-refractivity contribution is -0.129. The third-order valence-corrected chi connectivity index (χ3v) is 4.18. The number of rotatable bonds is 7. The van der Waals surface area contributed by atoms with Gasteiger partial charge in [0.2, 0.25) is 6.79 Å². The summed E-state index contributed by atoms with van der Waals surface area (Å²) in [5, 5.41) is 2.73. The Morgan fingerprint density at radius 2 is 1.86 bits per heavy atom. The van der Waals surface area contributed by atoms with Crippen molar-refractivity contribution in [1.29, 1.82) is 0 Å². The van der Waals surface area contributed by atoms with Gasteiger partial charge in [-0.3, -0.25) is 4.79 Å². The first-order valence-corrected chi connectivity index (χ1v) is 8.61. The number of fused-ring (bicyclic) bond motifs is 1. The van der Waals surface area contributed by atoms with E-state index in [1.165, 1.54) is 27.2 Å². The van der Waals surface area contributed by atoms with Crippen LogP contribution in [0, 0.1) is 0 Å². The van der Waals surface area contributed by atoms with Crippen molar-refractivity contribution in [2.24, 2.45) is 0 Å². The van der Waals surface area contributed by atoms with E-state index in [-0.39, 0.29) is 18.9 Å². The maximum Gasteiger partial charge on any atom is 0.342 e. The number of ether oxygens (including phenoxy) is 5. The first-order chi connectivity index (χ1) is 13.5. The fraction of sp³-hybridized carbons (Fsp3) is 0.300. The van der Waals surface area contributed by atoms with E-state index in [1.807, 2.05) is 6.07 Å². The molecule has 1 heterocycles. The largest absolute Gasteiger partial charge is 0.497 e. The first kappa shape index (κ1) is 19.3. The van der Waals surface area contributed by atoms with Crippen molar-refractivity contribution in [2.45, 2.75) is 19.6 Å². The predicted molar refractivity (Wildman–Crippen MR) is 98.8 cm³/mol. The van der Waals surface area contributed by atoms with E-state index in [0.717, 1.165) is 5.56 Å². The van der Waals surface area contributed by atoms with Gasteiger partial charge in [0.15, 0.2) is 17.6 Å². The summed E-state index contributed by atoms with van der Waals surface area (Å²) in [6, 6.07) is 10.2. The molecule has 0 fully saturated rings. The summed E-state index contributed by atoms with van der Waals surface area (Å²) in [5.74, 6) is 1.02. The van der Waals surface area contributed by atoms with Crippen molar-refractivity contribution in [3.63, 3.8) is 0 Å². The molecule has 1 aliphatic rings. The molecule has 0 aromatic heterocycles. The van der Waals surface area contributed by atoms with E-state index in [2.05, 4.69) is 5.32 Å². The zero-order valence-corrected chi connectivity index (χ0v) is 15.8. The van der Waals surface area contributed by atoms with Gasteiger partial charge in [-0.25, -0.2) is 4.79 Å². The van der Waals surface area contributed by atoms with Gasteiger partial charge in [0.25, 0.3) is 5.91 Å². The maximum absolute atomic E-state index is 12.4. The second kappa shape index (κ2) is 8.51. The van der Waals surface area contributed by atoms with Crippen molar-refractivity contribution in [1.82, 2.24) is 5.32 Å². The van der Waals surface area contributed by atoms with Gasteiger partial charge in [-0.1, -0.05) is 6.07 Å². The first-order valence-electron chi connectivity index (χ1n) is 8.61. The summed E-state index contributed by atoms with van der Waals surface area (Å²) in [7, 11) is 2.93. The lowest BCUT2D eigenvalue weighted by Gasteiger charge is -2.15. The van der Waals surface area contributed by atoms with E-state index in [9.17, 15) is 9.59 Å². The standard InChI is InChI=1S/C20H21NO7/c1-12(28-20(23)15-9-14(24-2)5-7-16(15)25-3)19(22)21-10-13-4-6-17-18(8-13)27-11-26-17/h4-9,12H,10-11H2,1-3H3,(H,21,22). The number of hydrogen-bond donors (Lipinski definition) is 1. The molecule has 1 aliphatic heterocycles. The Morgan fingerprint density at radius 1 is 1.07 bits per heavy atom. The normalized spacial score (nSPS) is 12.8. The minimum atomic E-state index is -0.989. The lowest BCUT2D eigenvalue weighted by atomic mass is 10.2. The molecule has 2 aromatic rings. The number of benzene rings is 2. The molecule has 0 aliphatic carbocycles. The molecular weight excluding hydrogens is 366 g/mol. The molecule has 3 rings (SSSR count). The summed E-state index contributed by atoms with van der Waals surface area (Å²) in [6.07, 6.45) is -0.989. The van der Waals surface area contributed by atoms with Crippen molar-refractivity contribution >= 4 is 11.9 Å². The smallest absolute Gasteiger partial charge is 0.342 e. The number of methoxy groups -OCH3 is 2. The van der Waals surface area contributed by atoms with Gasteiger partial charge < -0.3 is 29.0 Å². The van der Waals surface area contributed by atoms with Crippen LogP contribution in [0.5, 0.6) is 23.0 Å². The maximum atomic E-state index is 12.4. The van der Waals surface area contributed by atoms with Crippen molar-refractivity contribution in [3.8, 4) is 23.0 Å². The van der Waals surface area contributed by atoms with Crippen molar-refractivity contribution in [2.75, 3.05) is 21.0 Å². The van der Waals surface area contributed by atoms with Gasteiger partial charge in [-0.15, -0.1) is 0 Å². The summed E-state index contributed by atoms with van der Waals surface area (Å²) in [6.45, 7) is 1.95. The van der Waals surface area contributed by atoms with Gasteiger partial charge in [-0.2, -0.15) is 0 Å². The summed E-state index contributed by atoms with van der Waals surface area (Å²) in [5.41, 5.74) is 1.02. The highest BCUT2D eigenvalue weighted by molar-refractivity contribution is 5.95. The van der Waals surface area contributed by atoms with Gasteiger partial charge in [0.05, 0.1) is 14.2 Å². The Labute approximate surface area is 162 Å². The van der Waals surface area contributed by atoms with E-state index in [1.54, 1.807) is 24.3 Å². The monoisotopic (exact) mass is 387 g/mol. The van der Waals surface area contributed by atoms with Crippen molar-refractivity contribution < 1.29 is 33.3 Å². The number of nitrogens with one attached hydrogen (secondary N) is 1. The Balaban J connectivity index is 1.58. The van der Waals surface area contributed by atoms with E-state index in [0.29, 0.717) is 23.0 Å². The average Bonchev–Trinajstić information content (AvgIpc) is 3.19. The molecular formula is C20H21NO7. The van der Waals surface area contributed by atoms with Crippen LogP contribution in [0.3, 0.4) is 0 Å². The molecule has 1 unspecified atom stereocenters. The Bertz CT molecular complexity index is 881. The topological polar surface area (TPSA) is 92.3 Å². The molecule has 0 radical (unpaired) electrons. The highest BCUT2D eigenvalue weighted by Crippen LogP contribution is 2.32. The molecule has 1 N–H and O–H groups in total. The molecule has 8 nitrogen and oxygen atoms in total. The van der Waals surface area contributed by atoms with E-state index in [4.69, 9.17) is 23.7 Å². The van der Waals surface area contributed by atoms with Crippen LogP contribution in [0.15, 0.2) is 36.4 Å². The Morgan fingerprint density at radius 3 is 2.61 bits per heavy atom. The van der Waals surface area contributed by atoms with Gasteiger partial charge in [0, 0.05) is 6.54 Å². The average molecular weight is 387 g/mol. The van der Waals surface area contributed by atoms with Crippen LogP contribution in [0.4, 0.5) is 0 Å².